The number of para-hydroxylation sites is 2. The van der Waals surface area contributed by atoms with Gasteiger partial charge in [-0.1, -0.05) is 66.2 Å². The van der Waals surface area contributed by atoms with Crippen LogP contribution >= 0.6 is 11.6 Å². The van der Waals surface area contributed by atoms with Crippen LogP contribution in [0.5, 0.6) is 0 Å². The summed E-state index contributed by atoms with van der Waals surface area (Å²) < 4.78 is 6.67. The number of hydrogen-bond acceptors (Lipinski definition) is 4. The van der Waals surface area contributed by atoms with Crippen LogP contribution in [0.4, 0.5) is 0 Å². The third kappa shape index (κ3) is 4.45. The Bertz CT molecular complexity index is 1310. The molecule has 1 aliphatic heterocycles. The number of rotatable bonds is 5. The molecule has 4 aromatic rings. The smallest absolute Gasteiger partial charge is 0.408 e. The average molecular weight is 462 g/mol. The Morgan fingerprint density at radius 1 is 0.848 bits per heavy atom. The summed E-state index contributed by atoms with van der Waals surface area (Å²) in [4.78, 5) is 29.5. The molecule has 1 atom stereocenters. The number of nitrogens with zero attached hydrogens (tertiary/aromatic N) is 3. The molecule has 1 aromatic heterocycles. The van der Waals surface area contributed by atoms with Crippen molar-refractivity contribution in [2.45, 2.75) is 12.6 Å². The average Bonchev–Trinajstić information content (AvgIpc) is 3.16. The number of piperazine rings is 1. The number of benzene rings is 3. The van der Waals surface area contributed by atoms with Crippen LogP contribution in [0.15, 0.2) is 88.1 Å². The van der Waals surface area contributed by atoms with Crippen molar-refractivity contribution in [3.8, 4) is 0 Å². The van der Waals surface area contributed by atoms with E-state index in [0.717, 1.165) is 13.1 Å². The number of amides is 1. The Hall–Kier alpha value is -3.35. The lowest BCUT2D eigenvalue weighted by atomic mass is 9.96. The Morgan fingerprint density at radius 3 is 2.21 bits per heavy atom. The Balaban J connectivity index is 1.31. The van der Waals surface area contributed by atoms with Crippen molar-refractivity contribution in [3.63, 3.8) is 0 Å². The van der Waals surface area contributed by atoms with E-state index in [0.29, 0.717) is 29.2 Å². The van der Waals surface area contributed by atoms with Crippen molar-refractivity contribution in [1.82, 2.24) is 14.4 Å². The zero-order valence-corrected chi connectivity index (χ0v) is 18.8. The maximum atomic E-state index is 13.0. The molecule has 6 nitrogen and oxygen atoms in total. The van der Waals surface area contributed by atoms with Gasteiger partial charge in [0.25, 0.3) is 0 Å². The molecule has 0 N–H and O–H groups in total. The van der Waals surface area contributed by atoms with Gasteiger partial charge in [-0.25, -0.2) is 4.79 Å². The second-order valence-electron chi connectivity index (χ2n) is 8.20. The summed E-state index contributed by atoms with van der Waals surface area (Å²) in [6.45, 7) is 2.64. The van der Waals surface area contributed by atoms with E-state index in [-0.39, 0.29) is 18.5 Å². The van der Waals surface area contributed by atoms with E-state index in [1.165, 1.54) is 15.7 Å². The van der Waals surface area contributed by atoms with Crippen LogP contribution in [0.1, 0.15) is 17.2 Å². The van der Waals surface area contributed by atoms with Crippen LogP contribution in [0.2, 0.25) is 5.02 Å². The van der Waals surface area contributed by atoms with Gasteiger partial charge in [0.1, 0.15) is 6.54 Å². The molecule has 33 heavy (non-hydrogen) atoms. The summed E-state index contributed by atoms with van der Waals surface area (Å²) in [6, 6.07) is 25.6. The van der Waals surface area contributed by atoms with Gasteiger partial charge >= 0.3 is 5.76 Å². The zero-order valence-electron chi connectivity index (χ0n) is 18.1. The topological polar surface area (TPSA) is 58.7 Å². The molecule has 0 saturated carbocycles. The number of aromatic nitrogens is 1. The van der Waals surface area contributed by atoms with Crippen molar-refractivity contribution in [2.75, 3.05) is 26.2 Å². The lowest BCUT2D eigenvalue weighted by molar-refractivity contribution is -0.133. The fourth-order valence-corrected chi connectivity index (χ4v) is 4.65. The summed E-state index contributed by atoms with van der Waals surface area (Å²) in [6.07, 6.45) is 0. The molecule has 3 aromatic carbocycles. The Labute approximate surface area is 196 Å². The quantitative estimate of drug-likeness (QED) is 0.447. The molecular formula is C26H24ClN3O3. The predicted octanol–water partition coefficient (Wildman–Crippen LogP) is 4.18. The van der Waals surface area contributed by atoms with Gasteiger partial charge in [0.15, 0.2) is 5.58 Å². The summed E-state index contributed by atoms with van der Waals surface area (Å²) in [7, 11) is 0. The van der Waals surface area contributed by atoms with Crippen molar-refractivity contribution in [2.24, 2.45) is 0 Å². The minimum absolute atomic E-state index is 0.0187. The lowest BCUT2D eigenvalue weighted by Gasteiger charge is -2.39. The lowest BCUT2D eigenvalue weighted by Crippen LogP contribution is -2.50. The van der Waals surface area contributed by atoms with Crippen molar-refractivity contribution in [3.05, 3.63) is 106 Å². The van der Waals surface area contributed by atoms with E-state index in [2.05, 4.69) is 29.2 Å². The molecule has 1 amide bonds. The third-order valence-electron chi connectivity index (χ3n) is 6.20. The molecule has 5 rings (SSSR count). The van der Waals surface area contributed by atoms with Gasteiger partial charge < -0.3 is 9.32 Å². The predicted molar refractivity (Wildman–Crippen MR) is 128 cm³/mol. The largest absolute Gasteiger partial charge is 0.420 e. The highest BCUT2D eigenvalue weighted by Gasteiger charge is 2.28. The summed E-state index contributed by atoms with van der Waals surface area (Å²) in [5.74, 6) is -0.582. The molecular weight excluding hydrogens is 438 g/mol. The van der Waals surface area contributed by atoms with Crippen molar-refractivity contribution in [1.29, 1.82) is 0 Å². The van der Waals surface area contributed by atoms with Crippen molar-refractivity contribution >= 4 is 28.6 Å². The molecule has 7 heteroatoms. The van der Waals surface area contributed by atoms with Crippen LogP contribution < -0.4 is 5.76 Å². The first-order valence-electron chi connectivity index (χ1n) is 11.0. The maximum absolute atomic E-state index is 13.0. The number of fused-ring (bicyclic) bond motifs is 1. The minimum atomic E-state index is -0.505. The fraction of sp³-hybridized carbons (Fsp3) is 0.231. The first-order chi connectivity index (χ1) is 16.1. The second-order valence-corrected chi connectivity index (χ2v) is 8.64. The number of carbonyl (C=O) groups excluding carboxylic acids is 1. The number of hydrogen-bond donors (Lipinski definition) is 0. The highest BCUT2D eigenvalue weighted by Crippen LogP contribution is 2.30. The molecule has 0 bridgehead atoms. The van der Waals surface area contributed by atoms with Crippen LogP contribution in [-0.4, -0.2) is 46.5 Å². The van der Waals surface area contributed by atoms with Gasteiger partial charge in [0, 0.05) is 31.2 Å². The Morgan fingerprint density at radius 2 is 1.48 bits per heavy atom. The maximum Gasteiger partial charge on any atom is 0.420 e. The molecule has 0 unspecified atom stereocenters. The highest BCUT2D eigenvalue weighted by molar-refractivity contribution is 6.30. The van der Waals surface area contributed by atoms with Crippen LogP contribution in [0, 0.1) is 0 Å². The summed E-state index contributed by atoms with van der Waals surface area (Å²) in [5.41, 5.74) is 3.51. The molecule has 0 spiro atoms. The van der Waals surface area contributed by atoms with Gasteiger partial charge in [0.2, 0.25) is 5.91 Å². The van der Waals surface area contributed by atoms with Gasteiger partial charge in [-0.15, -0.1) is 0 Å². The van der Waals surface area contributed by atoms with E-state index in [1.54, 1.807) is 18.2 Å². The highest BCUT2D eigenvalue weighted by atomic mass is 35.5. The Kier molecular flexibility index (Phi) is 6.03. The second kappa shape index (κ2) is 9.25. The molecule has 0 radical (unpaired) electrons. The molecule has 2 heterocycles. The van der Waals surface area contributed by atoms with E-state index >= 15 is 0 Å². The monoisotopic (exact) mass is 461 g/mol. The van der Waals surface area contributed by atoms with Crippen LogP contribution in [0.25, 0.3) is 11.1 Å². The number of oxazole rings is 1. The molecule has 0 aliphatic carbocycles. The van der Waals surface area contributed by atoms with Gasteiger partial charge in [-0.3, -0.25) is 14.3 Å². The summed E-state index contributed by atoms with van der Waals surface area (Å²) >= 11 is 6.12. The zero-order chi connectivity index (χ0) is 22.8. The third-order valence-corrected chi connectivity index (χ3v) is 6.45. The number of carbonyl (C=O) groups is 1. The minimum Gasteiger partial charge on any atom is -0.408 e. The molecule has 1 saturated heterocycles. The number of halogens is 1. The fourth-order valence-electron chi connectivity index (χ4n) is 4.52. The molecule has 168 valence electrons. The standard InChI is InChI=1S/C26H24ClN3O3/c27-21-12-10-20(11-13-21)25(19-6-2-1-3-7-19)29-16-14-28(15-17-29)24(31)18-30-22-8-4-5-9-23(22)33-26(30)32/h1-13,25H,14-18H2/t25-/m0/s1. The van der Waals surface area contributed by atoms with E-state index < -0.39 is 5.76 Å². The first-order valence-corrected chi connectivity index (χ1v) is 11.4. The first kappa shape index (κ1) is 21.5. The van der Waals surface area contributed by atoms with E-state index in [1.807, 2.05) is 41.3 Å². The molecule has 1 fully saturated rings. The van der Waals surface area contributed by atoms with E-state index in [9.17, 15) is 9.59 Å². The van der Waals surface area contributed by atoms with Crippen molar-refractivity contribution < 1.29 is 9.21 Å². The SMILES string of the molecule is O=C(Cn1c(=O)oc2ccccc21)N1CCN([C@@H](c2ccccc2)c2ccc(Cl)cc2)CC1. The normalized spacial score (nSPS) is 15.6. The van der Waals surface area contributed by atoms with E-state index in [4.69, 9.17) is 16.0 Å². The summed E-state index contributed by atoms with van der Waals surface area (Å²) in [5, 5.41) is 0.711. The van der Waals surface area contributed by atoms with Crippen LogP contribution in [0.3, 0.4) is 0 Å². The van der Waals surface area contributed by atoms with Gasteiger partial charge in [-0.2, -0.15) is 0 Å². The van der Waals surface area contributed by atoms with Crippen LogP contribution in [-0.2, 0) is 11.3 Å². The molecule has 1 aliphatic rings. The van der Waals surface area contributed by atoms with Gasteiger partial charge in [-0.05, 0) is 35.4 Å². The van der Waals surface area contributed by atoms with Gasteiger partial charge in [0.05, 0.1) is 11.6 Å².